The van der Waals surface area contributed by atoms with E-state index in [4.69, 9.17) is 0 Å². The van der Waals surface area contributed by atoms with E-state index in [0.717, 1.165) is 19.3 Å². The lowest BCUT2D eigenvalue weighted by Gasteiger charge is -2.43. The predicted octanol–water partition coefficient (Wildman–Crippen LogP) is 2.10. The van der Waals surface area contributed by atoms with Crippen LogP contribution < -0.4 is 0 Å². The number of carboxylic acid groups (broad SMARTS) is 1. The van der Waals surface area contributed by atoms with Gasteiger partial charge in [0.05, 0.1) is 11.3 Å². The van der Waals surface area contributed by atoms with Crippen LogP contribution >= 0.6 is 0 Å². The number of ketones is 1. The van der Waals surface area contributed by atoms with Crippen LogP contribution in [0.5, 0.6) is 0 Å². The molecule has 0 radical (unpaired) electrons. The summed E-state index contributed by atoms with van der Waals surface area (Å²) in [5.74, 6) is -1.09. The lowest BCUT2D eigenvalue weighted by atomic mass is 9.64. The molecule has 1 N–H and O–H groups in total. The third-order valence-electron chi connectivity index (χ3n) is 7.17. The average molecular weight is 307 g/mol. The second kappa shape index (κ2) is 4.56. The van der Waals surface area contributed by atoms with Crippen LogP contribution in [0.15, 0.2) is 0 Å². The van der Waals surface area contributed by atoms with Gasteiger partial charge in [-0.05, 0) is 31.1 Å². The average Bonchev–Trinajstić information content (AvgIpc) is 2.77. The summed E-state index contributed by atoms with van der Waals surface area (Å²) in [6.07, 6.45) is 3.19. The maximum Gasteiger partial charge on any atom is 0.308 e. The second-order valence-electron chi connectivity index (χ2n) is 8.07. The van der Waals surface area contributed by atoms with Gasteiger partial charge in [0.1, 0.15) is 5.78 Å². The summed E-state index contributed by atoms with van der Waals surface area (Å²) in [6, 6.07) is 0. The highest BCUT2D eigenvalue weighted by molar-refractivity contribution is 5.99. The van der Waals surface area contributed by atoms with Crippen molar-refractivity contribution in [2.45, 2.75) is 52.9 Å². The standard InChI is InChI=1S/C17H25NO4/c1-15(2)16(3)6-7-17(15,9-12(16)19)14(22)18-8-4-5-11(10-18)13(20)21/h11H,4-10H2,1-3H3,(H,20,21)/t11-,16+,17+/m0/s1. The lowest BCUT2D eigenvalue weighted by Crippen LogP contribution is -2.52. The molecule has 1 aliphatic heterocycles. The Morgan fingerprint density at radius 2 is 1.91 bits per heavy atom. The van der Waals surface area contributed by atoms with Gasteiger partial charge in [0, 0.05) is 24.9 Å². The van der Waals surface area contributed by atoms with Crippen LogP contribution in [-0.2, 0) is 14.4 Å². The Bertz CT molecular complexity index is 555. The zero-order valence-electron chi connectivity index (χ0n) is 13.6. The topological polar surface area (TPSA) is 74.7 Å². The second-order valence-corrected chi connectivity index (χ2v) is 8.07. The van der Waals surface area contributed by atoms with Crippen molar-refractivity contribution in [3.8, 4) is 0 Å². The number of rotatable bonds is 2. The Kier molecular flexibility index (Phi) is 3.21. The molecule has 5 nitrogen and oxygen atoms in total. The number of fused-ring (bicyclic) bond motifs is 2. The van der Waals surface area contributed by atoms with Crippen LogP contribution in [-0.4, -0.2) is 40.8 Å². The number of aliphatic carboxylic acids is 1. The van der Waals surface area contributed by atoms with Gasteiger partial charge in [-0.15, -0.1) is 0 Å². The van der Waals surface area contributed by atoms with Crippen LogP contribution in [0.4, 0.5) is 0 Å². The van der Waals surface area contributed by atoms with Crippen molar-refractivity contribution in [1.29, 1.82) is 0 Å². The van der Waals surface area contributed by atoms with Crippen LogP contribution in [0, 0.1) is 22.2 Å². The molecule has 2 aliphatic carbocycles. The number of nitrogens with zero attached hydrogens (tertiary/aromatic N) is 1. The highest BCUT2D eigenvalue weighted by atomic mass is 16.4. The largest absolute Gasteiger partial charge is 0.481 e. The van der Waals surface area contributed by atoms with E-state index in [9.17, 15) is 19.5 Å². The van der Waals surface area contributed by atoms with Crippen molar-refractivity contribution >= 4 is 17.7 Å². The molecular formula is C17H25NO4. The normalized spacial score (nSPS) is 40.0. The van der Waals surface area contributed by atoms with E-state index in [1.54, 1.807) is 4.90 Å². The van der Waals surface area contributed by atoms with E-state index in [2.05, 4.69) is 0 Å². The van der Waals surface area contributed by atoms with E-state index >= 15 is 0 Å². The molecule has 3 atom stereocenters. The van der Waals surface area contributed by atoms with Gasteiger partial charge in [-0.3, -0.25) is 14.4 Å². The summed E-state index contributed by atoms with van der Waals surface area (Å²) < 4.78 is 0. The molecule has 5 heteroatoms. The smallest absolute Gasteiger partial charge is 0.308 e. The Morgan fingerprint density at radius 1 is 1.23 bits per heavy atom. The number of hydrogen-bond acceptors (Lipinski definition) is 3. The number of hydrogen-bond donors (Lipinski definition) is 1. The SMILES string of the molecule is CC1(C)[C@]2(C(=O)N3CCC[C@H](C(=O)O)C3)CC[C@]1(C)C(=O)C2. The third kappa shape index (κ3) is 1.68. The van der Waals surface area contributed by atoms with E-state index in [1.807, 2.05) is 20.8 Å². The highest BCUT2D eigenvalue weighted by Gasteiger charge is 2.73. The Labute approximate surface area is 131 Å². The number of amides is 1. The van der Waals surface area contributed by atoms with Gasteiger partial charge in [0.25, 0.3) is 0 Å². The Morgan fingerprint density at radius 3 is 2.41 bits per heavy atom. The van der Waals surface area contributed by atoms with Gasteiger partial charge >= 0.3 is 5.97 Å². The molecule has 0 aromatic heterocycles. The zero-order valence-corrected chi connectivity index (χ0v) is 13.6. The summed E-state index contributed by atoms with van der Waals surface area (Å²) in [7, 11) is 0. The highest BCUT2D eigenvalue weighted by Crippen LogP contribution is 2.71. The van der Waals surface area contributed by atoms with Gasteiger partial charge in [-0.25, -0.2) is 0 Å². The van der Waals surface area contributed by atoms with Crippen LogP contribution in [0.25, 0.3) is 0 Å². The lowest BCUT2D eigenvalue weighted by molar-refractivity contribution is -0.153. The fraction of sp³-hybridized carbons (Fsp3) is 0.824. The van der Waals surface area contributed by atoms with E-state index in [1.165, 1.54) is 0 Å². The molecule has 0 spiro atoms. The molecule has 0 unspecified atom stereocenters. The molecule has 3 rings (SSSR count). The van der Waals surface area contributed by atoms with Crippen molar-refractivity contribution in [3.05, 3.63) is 0 Å². The minimum absolute atomic E-state index is 0.0121. The Hall–Kier alpha value is -1.39. The monoisotopic (exact) mass is 307 g/mol. The van der Waals surface area contributed by atoms with Gasteiger partial charge in [0.15, 0.2) is 0 Å². The molecule has 2 saturated carbocycles. The zero-order chi connectivity index (χ0) is 16.3. The number of carbonyl (C=O) groups excluding carboxylic acids is 2. The first-order valence-electron chi connectivity index (χ1n) is 8.21. The van der Waals surface area contributed by atoms with E-state index in [0.29, 0.717) is 19.4 Å². The maximum atomic E-state index is 13.2. The molecule has 0 aromatic carbocycles. The molecule has 22 heavy (non-hydrogen) atoms. The molecular weight excluding hydrogens is 282 g/mol. The summed E-state index contributed by atoms with van der Waals surface area (Å²) in [5, 5.41) is 9.23. The van der Waals surface area contributed by atoms with Crippen LogP contribution in [0.2, 0.25) is 0 Å². The van der Waals surface area contributed by atoms with Gasteiger partial charge in [-0.1, -0.05) is 20.8 Å². The van der Waals surface area contributed by atoms with Gasteiger partial charge < -0.3 is 10.0 Å². The molecule has 3 fully saturated rings. The first-order chi connectivity index (χ1) is 10.2. The fourth-order valence-electron chi connectivity index (χ4n) is 5.00. The van der Waals surface area contributed by atoms with E-state index < -0.39 is 22.7 Å². The van der Waals surface area contributed by atoms with Crippen molar-refractivity contribution in [2.24, 2.45) is 22.2 Å². The summed E-state index contributed by atoms with van der Waals surface area (Å²) in [6.45, 7) is 6.98. The quantitative estimate of drug-likeness (QED) is 0.847. The third-order valence-corrected chi connectivity index (χ3v) is 7.17. The minimum Gasteiger partial charge on any atom is -0.481 e. The number of Topliss-reactive ketones (excluding diaryl/α,β-unsaturated/α-hetero) is 1. The van der Waals surface area contributed by atoms with Crippen LogP contribution in [0.1, 0.15) is 52.9 Å². The number of piperidine rings is 1. The number of carbonyl (C=O) groups is 3. The fourth-order valence-corrected chi connectivity index (χ4v) is 5.00. The molecule has 1 heterocycles. The first-order valence-corrected chi connectivity index (χ1v) is 8.21. The molecule has 1 amide bonds. The van der Waals surface area contributed by atoms with Crippen molar-refractivity contribution in [3.63, 3.8) is 0 Å². The van der Waals surface area contributed by atoms with Crippen molar-refractivity contribution < 1.29 is 19.5 Å². The first kappa shape index (κ1) is 15.5. The maximum absolute atomic E-state index is 13.2. The number of carboxylic acids is 1. The van der Waals surface area contributed by atoms with Crippen molar-refractivity contribution in [1.82, 2.24) is 4.90 Å². The molecule has 122 valence electrons. The van der Waals surface area contributed by atoms with Crippen molar-refractivity contribution in [2.75, 3.05) is 13.1 Å². The number of likely N-dealkylation sites (tertiary alicyclic amines) is 1. The Balaban J connectivity index is 1.89. The molecule has 2 bridgehead atoms. The molecule has 3 aliphatic rings. The summed E-state index contributed by atoms with van der Waals surface area (Å²) in [4.78, 5) is 38.7. The molecule has 1 saturated heterocycles. The predicted molar refractivity (Wildman–Crippen MR) is 80.1 cm³/mol. The van der Waals surface area contributed by atoms with Gasteiger partial charge in [-0.2, -0.15) is 0 Å². The van der Waals surface area contributed by atoms with Crippen LogP contribution in [0.3, 0.4) is 0 Å². The van der Waals surface area contributed by atoms with Gasteiger partial charge in [0.2, 0.25) is 5.91 Å². The summed E-state index contributed by atoms with van der Waals surface area (Å²) in [5.41, 5.74) is -1.39. The summed E-state index contributed by atoms with van der Waals surface area (Å²) >= 11 is 0. The minimum atomic E-state index is -0.826. The molecule has 0 aromatic rings. The van der Waals surface area contributed by atoms with E-state index in [-0.39, 0.29) is 23.7 Å².